The molecule has 1 heteroatoms. The summed E-state index contributed by atoms with van der Waals surface area (Å²) in [7, 11) is 0. The second-order valence-corrected chi connectivity index (χ2v) is 5.73. The molecule has 2 rings (SSSR count). The van der Waals surface area contributed by atoms with Crippen LogP contribution in [-0.4, -0.2) is 6.54 Å². The third kappa shape index (κ3) is 3.63. The van der Waals surface area contributed by atoms with Gasteiger partial charge in [0.2, 0.25) is 0 Å². The lowest BCUT2D eigenvalue weighted by Gasteiger charge is -2.26. The molecule has 1 aliphatic carbocycles. The van der Waals surface area contributed by atoms with Gasteiger partial charge in [-0.3, -0.25) is 0 Å². The summed E-state index contributed by atoms with van der Waals surface area (Å²) in [5.41, 5.74) is 4.24. The third-order valence-electron chi connectivity index (χ3n) is 3.81. The minimum Gasteiger partial charge on any atom is -0.385 e. The van der Waals surface area contributed by atoms with E-state index < -0.39 is 0 Å². The summed E-state index contributed by atoms with van der Waals surface area (Å²) in [4.78, 5) is 0. The molecule has 1 aromatic rings. The molecule has 0 amide bonds. The maximum absolute atomic E-state index is 3.60. The first kappa shape index (κ1) is 13.2. The van der Waals surface area contributed by atoms with Crippen molar-refractivity contribution in [3.63, 3.8) is 0 Å². The fraction of sp³-hybridized carbons (Fsp3) is 0.529. The topological polar surface area (TPSA) is 12.0 Å². The molecule has 1 nitrogen and oxygen atoms in total. The first-order chi connectivity index (χ1) is 8.67. The van der Waals surface area contributed by atoms with E-state index >= 15 is 0 Å². The zero-order valence-corrected chi connectivity index (χ0v) is 11.9. The molecule has 0 aromatic heterocycles. The molecular formula is C17H25N. The van der Waals surface area contributed by atoms with Gasteiger partial charge in [-0.05, 0) is 55.7 Å². The van der Waals surface area contributed by atoms with Gasteiger partial charge in [0.1, 0.15) is 0 Å². The Morgan fingerprint density at radius 2 is 2.17 bits per heavy atom. The molecule has 2 unspecified atom stereocenters. The van der Waals surface area contributed by atoms with E-state index in [1.807, 2.05) is 0 Å². The third-order valence-corrected chi connectivity index (χ3v) is 3.81. The van der Waals surface area contributed by atoms with Crippen LogP contribution in [0, 0.1) is 11.8 Å². The van der Waals surface area contributed by atoms with Crippen molar-refractivity contribution in [2.24, 2.45) is 11.8 Å². The Balaban J connectivity index is 1.89. The van der Waals surface area contributed by atoms with E-state index in [-0.39, 0.29) is 0 Å². The van der Waals surface area contributed by atoms with Crippen LogP contribution in [0.2, 0.25) is 0 Å². The van der Waals surface area contributed by atoms with Crippen LogP contribution >= 0.6 is 0 Å². The smallest absolute Gasteiger partial charge is 0.0343 e. The van der Waals surface area contributed by atoms with Gasteiger partial charge in [-0.2, -0.15) is 0 Å². The number of nitrogens with one attached hydrogen (secondary N) is 1. The lowest BCUT2D eigenvalue weighted by Crippen LogP contribution is -2.20. The van der Waals surface area contributed by atoms with Crippen LogP contribution in [0.15, 0.2) is 35.9 Å². The lowest BCUT2D eigenvalue weighted by atomic mass is 9.84. The van der Waals surface area contributed by atoms with E-state index in [4.69, 9.17) is 0 Å². The number of hydrogen-bond acceptors (Lipinski definition) is 1. The van der Waals surface area contributed by atoms with Gasteiger partial charge in [0, 0.05) is 12.2 Å². The van der Waals surface area contributed by atoms with Crippen LogP contribution in [-0.2, 0) is 6.42 Å². The van der Waals surface area contributed by atoms with Gasteiger partial charge >= 0.3 is 0 Å². The number of rotatable bonds is 4. The van der Waals surface area contributed by atoms with E-state index in [0.29, 0.717) is 0 Å². The fourth-order valence-electron chi connectivity index (χ4n) is 3.01. The Kier molecular flexibility index (Phi) is 4.46. The van der Waals surface area contributed by atoms with Crippen molar-refractivity contribution in [1.82, 2.24) is 0 Å². The fourth-order valence-corrected chi connectivity index (χ4v) is 3.01. The number of allylic oxidation sites excluding steroid dienone is 2. The zero-order valence-electron chi connectivity index (χ0n) is 11.9. The molecule has 0 aliphatic heterocycles. The van der Waals surface area contributed by atoms with Gasteiger partial charge in [-0.25, -0.2) is 0 Å². The average molecular weight is 243 g/mol. The lowest BCUT2D eigenvalue weighted by molar-refractivity contribution is 0.421. The SMILES string of the molecule is CCc1cccc(NCC2CC(C)=CC(C)C2)c1. The first-order valence-electron chi connectivity index (χ1n) is 7.17. The highest BCUT2D eigenvalue weighted by molar-refractivity contribution is 5.45. The standard InChI is InChI=1S/C17H25N/c1-4-15-6-5-7-17(11-15)18-12-16-9-13(2)8-14(3)10-16/h5-8,11,13,16,18H,4,9-10,12H2,1-3H3. The van der Waals surface area contributed by atoms with Crippen LogP contribution in [0.5, 0.6) is 0 Å². The van der Waals surface area contributed by atoms with Gasteiger partial charge < -0.3 is 5.32 Å². The molecular weight excluding hydrogens is 218 g/mol. The van der Waals surface area contributed by atoms with Gasteiger partial charge in [0.05, 0.1) is 0 Å². The molecule has 1 aromatic carbocycles. The van der Waals surface area contributed by atoms with Crippen LogP contribution < -0.4 is 5.32 Å². The number of benzene rings is 1. The highest BCUT2D eigenvalue weighted by Gasteiger charge is 2.17. The molecule has 0 radical (unpaired) electrons. The Bertz CT molecular complexity index is 419. The van der Waals surface area contributed by atoms with E-state index in [1.54, 1.807) is 5.57 Å². The van der Waals surface area contributed by atoms with Crippen molar-refractivity contribution < 1.29 is 0 Å². The Labute approximate surface area is 111 Å². The Hall–Kier alpha value is -1.24. The van der Waals surface area contributed by atoms with Crippen LogP contribution in [0.4, 0.5) is 5.69 Å². The number of aryl methyl sites for hydroxylation is 1. The highest BCUT2D eigenvalue weighted by atomic mass is 14.9. The van der Waals surface area contributed by atoms with Crippen molar-refractivity contribution in [3.8, 4) is 0 Å². The van der Waals surface area contributed by atoms with E-state index in [0.717, 1.165) is 24.8 Å². The van der Waals surface area contributed by atoms with Crippen molar-refractivity contribution in [3.05, 3.63) is 41.5 Å². The average Bonchev–Trinajstić information content (AvgIpc) is 2.35. The summed E-state index contributed by atoms with van der Waals surface area (Å²) in [6, 6.07) is 8.79. The normalized spacial score (nSPS) is 23.6. The second kappa shape index (κ2) is 6.08. The van der Waals surface area contributed by atoms with E-state index in [1.165, 1.54) is 24.1 Å². The van der Waals surface area contributed by atoms with E-state index in [9.17, 15) is 0 Å². The summed E-state index contributed by atoms with van der Waals surface area (Å²) in [6.07, 6.45) is 6.11. The maximum Gasteiger partial charge on any atom is 0.0343 e. The minimum absolute atomic E-state index is 0.743. The van der Waals surface area contributed by atoms with E-state index in [2.05, 4.69) is 56.4 Å². The Morgan fingerprint density at radius 1 is 1.33 bits per heavy atom. The second-order valence-electron chi connectivity index (χ2n) is 5.73. The van der Waals surface area contributed by atoms with Gasteiger partial charge in [-0.1, -0.05) is 37.6 Å². The van der Waals surface area contributed by atoms with Crippen LogP contribution in [0.1, 0.15) is 39.2 Å². The molecule has 18 heavy (non-hydrogen) atoms. The largest absolute Gasteiger partial charge is 0.385 e. The zero-order chi connectivity index (χ0) is 13.0. The summed E-state index contributed by atoms with van der Waals surface area (Å²) >= 11 is 0. The minimum atomic E-state index is 0.743. The summed E-state index contributed by atoms with van der Waals surface area (Å²) in [5.74, 6) is 1.53. The molecule has 0 heterocycles. The summed E-state index contributed by atoms with van der Waals surface area (Å²) in [5, 5.41) is 3.60. The van der Waals surface area contributed by atoms with Crippen LogP contribution in [0.3, 0.4) is 0 Å². The van der Waals surface area contributed by atoms with Gasteiger partial charge in [-0.15, -0.1) is 0 Å². The molecule has 0 spiro atoms. The highest BCUT2D eigenvalue weighted by Crippen LogP contribution is 2.28. The molecule has 1 N–H and O–H groups in total. The molecule has 1 aliphatic rings. The van der Waals surface area contributed by atoms with Crippen LogP contribution in [0.25, 0.3) is 0 Å². The predicted octanol–water partition coefficient (Wildman–Crippen LogP) is 4.65. The van der Waals surface area contributed by atoms with Crippen molar-refractivity contribution >= 4 is 5.69 Å². The van der Waals surface area contributed by atoms with Gasteiger partial charge in [0.25, 0.3) is 0 Å². The molecule has 0 fully saturated rings. The van der Waals surface area contributed by atoms with Gasteiger partial charge in [0.15, 0.2) is 0 Å². The predicted molar refractivity (Wildman–Crippen MR) is 80.0 cm³/mol. The molecule has 2 atom stereocenters. The quantitative estimate of drug-likeness (QED) is 0.759. The van der Waals surface area contributed by atoms with Crippen molar-refractivity contribution in [2.45, 2.75) is 40.0 Å². The molecule has 0 saturated heterocycles. The van der Waals surface area contributed by atoms with Crippen molar-refractivity contribution in [2.75, 3.05) is 11.9 Å². The number of hydrogen-bond donors (Lipinski definition) is 1. The summed E-state index contributed by atoms with van der Waals surface area (Å²) < 4.78 is 0. The van der Waals surface area contributed by atoms with Crippen molar-refractivity contribution in [1.29, 1.82) is 0 Å². The summed E-state index contributed by atoms with van der Waals surface area (Å²) in [6.45, 7) is 7.90. The molecule has 98 valence electrons. The monoisotopic (exact) mass is 243 g/mol. The maximum atomic E-state index is 3.60. The Morgan fingerprint density at radius 3 is 2.89 bits per heavy atom. The number of anilines is 1. The first-order valence-corrected chi connectivity index (χ1v) is 7.17. The molecule has 0 saturated carbocycles. The molecule has 0 bridgehead atoms.